The maximum atomic E-state index is 3.61. The van der Waals surface area contributed by atoms with E-state index in [2.05, 4.69) is 70.9 Å². The molecule has 0 amide bonds. The van der Waals surface area contributed by atoms with E-state index in [1.165, 1.54) is 43.4 Å². The van der Waals surface area contributed by atoms with Gasteiger partial charge in [0.05, 0.1) is 0 Å². The second kappa shape index (κ2) is 8.85. The molecule has 0 aliphatic heterocycles. The lowest BCUT2D eigenvalue weighted by Gasteiger charge is -2.22. The van der Waals surface area contributed by atoms with Gasteiger partial charge < -0.3 is 5.32 Å². The van der Waals surface area contributed by atoms with Crippen molar-refractivity contribution in [1.82, 2.24) is 10.2 Å². The minimum absolute atomic E-state index is 0.833. The largest absolute Gasteiger partial charge is 0.314 e. The Morgan fingerprint density at radius 3 is 1.87 bits per heavy atom. The van der Waals surface area contributed by atoms with E-state index in [1.54, 1.807) is 0 Å². The third-order valence-electron chi connectivity index (χ3n) is 4.41. The molecule has 1 aliphatic carbocycles. The van der Waals surface area contributed by atoms with Gasteiger partial charge in [0.1, 0.15) is 0 Å². The lowest BCUT2D eigenvalue weighted by Crippen LogP contribution is -2.25. The van der Waals surface area contributed by atoms with Gasteiger partial charge in [-0.05, 0) is 49.9 Å². The standard InChI is InChI=1S/C21H28N2/c1-3-9-19(10-4-1)17-23(18-20-11-5-2-6-12-20)16-8-7-15-22-21-13-14-21/h1-6,9-12,21-22H,7-8,13-18H2. The molecule has 2 nitrogen and oxygen atoms in total. The second-order valence-corrected chi connectivity index (χ2v) is 6.62. The summed E-state index contributed by atoms with van der Waals surface area (Å²) in [4.78, 5) is 2.57. The minimum Gasteiger partial charge on any atom is -0.314 e. The summed E-state index contributed by atoms with van der Waals surface area (Å²) in [6.45, 7) is 4.41. The average molecular weight is 308 g/mol. The zero-order valence-corrected chi connectivity index (χ0v) is 14.0. The lowest BCUT2D eigenvalue weighted by atomic mass is 10.1. The molecular formula is C21H28N2. The molecule has 0 atom stereocenters. The van der Waals surface area contributed by atoms with Gasteiger partial charge in [-0.25, -0.2) is 0 Å². The van der Waals surface area contributed by atoms with Gasteiger partial charge in [0.25, 0.3) is 0 Å². The molecule has 2 aromatic rings. The number of hydrogen-bond donors (Lipinski definition) is 1. The van der Waals surface area contributed by atoms with Crippen LogP contribution in [0.15, 0.2) is 60.7 Å². The molecule has 0 bridgehead atoms. The summed E-state index contributed by atoms with van der Waals surface area (Å²) in [5, 5.41) is 3.61. The maximum absolute atomic E-state index is 3.61. The molecule has 1 N–H and O–H groups in total. The molecular weight excluding hydrogens is 280 g/mol. The van der Waals surface area contributed by atoms with E-state index < -0.39 is 0 Å². The first kappa shape index (κ1) is 16.2. The molecule has 0 aromatic heterocycles. The monoisotopic (exact) mass is 308 g/mol. The average Bonchev–Trinajstić information content (AvgIpc) is 3.41. The Balaban J connectivity index is 1.49. The van der Waals surface area contributed by atoms with E-state index in [9.17, 15) is 0 Å². The van der Waals surface area contributed by atoms with Crippen molar-refractivity contribution in [1.29, 1.82) is 0 Å². The van der Waals surface area contributed by atoms with E-state index >= 15 is 0 Å². The number of unbranched alkanes of at least 4 members (excludes halogenated alkanes) is 1. The van der Waals surface area contributed by atoms with E-state index in [0.717, 1.165) is 25.7 Å². The van der Waals surface area contributed by atoms with Gasteiger partial charge in [0.2, 0.25) is 0 Å². The lowest BCUT2D eigenvalue weighted by molar-refractivity contribution is 0.251. The van der Waals surface area contributed by atoms with Gasteiger partial charge in [0.15, 0.2) is 0 Å². The third-order valence-corrected chi connectivity index (χ3v) is 4.41. The van der Waals surface area contributed by atoms with Crippen molar-refractivity contribution < 1.29 is 0 Å². The fourth-order valence-electron chi connectivity index (χ4n) is 2.95. The number of nitrogens with one attached hydrogen (secondary N) is 1. The molecule has 0 unspecified atom stereocenters. The van der Waals surface area contributed by atoms with Gasteiger partial charge >= 0.3 is 0 Å². The highest BCUT2D eigenvalue weighted by Gasteiger charge is 2.19. The van der Waals surface area contributed by atoms with E-state index in [0.29, 0.717) is 0 Å². The van der Waals surface area contributed by atoms with Crippen LogP contribution in [0.25, 0.3) is 0 Å². The molecule has 1 aliphatic rings. The third kappa shape index (κ3) is 6.17. The van der Waals surface area contributed by atoms with Crippen LogP contribution in [0.2, 0.25) is 0 Å². The maximum Gasteiger partial charge on any atom is 0.0237 e. The number of benzene rings is 2. The molecule has 23 heavy (non-hydrogen) atoms. The molecule has 0 heterocycles. The molecule has 2 heteroatoms. The van der Waals surface area contributed by atoms with Crippen molar-refractivity contribution in [3.05, 3.63) is 71.8 Å². The fraction of sp³-hybridized carbons (Fsp3) is 0.429. The molecule has 1 saturated carbocycles. The number of hydrogen-bond acceptors (Lipinski definition) is 2. The van der Waals surface area contributed by atoms with Crippen molar-refractivity contribution in [3.63, 3.8) is 0 Å². The number of nitrogens with zero attached hydrogens (tertiary/aromatic N) is 1. The normalized spacial score (nSPS) is 14.3. The Labute approximate surface area is 140 Å². The Bertz CT molecular complexity index is 507. The number of rotatable bonds is 10. The zero-order valence-electron chi connectivity index (χ0n) is 14.0. The minimum atomic E-state index is 0.833. The van der Waals surface area contributed by atoms with Crippen LogP contribution in [-0.2, 0) is 13.1 Å². The van der Waals surface area contributed by atoms with Crippen LogP contribution in [0.1, 0.15) is 36.8 Å². The van der Waals surface area contributed by atoms with E-state index in [4.69, 9.17) is 0 Å². The molecule has 0 radical (unpaired) electrons. The van der Waals surface area contributed by atoms with Crippen LogP contribution >= 0.6 is 0 Å². The summed E-state index contributed by atoms with van der Waals surface area (Å²) in [5.41, 5.74) is 2.80. The molecule has 3 rings (SSSR count). The highest BCUT2D eigenvalue weighted by molar-refractivity contribution is 5.17. The van der Waals surface area contributed by atoms with E-state index in [1.807, 2.05) is 0 Å². The summed E-state index contributed by atoms with van der Waals surface area (Å²) < 4.78 is 0. The first-order chi connectivity index (χ1) is 11.4. The van der Waals surface area contributed by atoms with Gasteiger partial charge in [-0.1, -0.05) is 60.7 Å². The molecule has 2 aromatic carbocycles. The predicted octanol–water partition coefficient (Wildman–Crippen LogP) is 4.22. The Hall–Kier alpha value is -1.64. The molecule has 122 valence electrons. The quantitative estimate of drug-likeness (QED) is 0.661. The van der Waals surface area contributed by atoms with Gasteiger partial charge in [0, 0.05) is 19.1 Å². The first-order valence-electron chi connectivity index (χ1n) is 8.94. The SMILES string of the molecule is c1ccc(CN(CCCCNC2CC2)Cc2ccccc2)cc1. The summed E-state index contributed by atoms with van der Waals surface area (Å²) in [5.74, 6) is 0. The van der Waals surface area contributed by atoms with Crippen LogP contribution in [0, 0.1) is 0 Å². The predicted molar refractivity (Wildman–Crippen MR) is 97.3 cm³/mol. The van der Waals surface area contributed by atoms with Gasteiger partial charge in [-0.3, -0.25) is 4.90 Å². The highest BCUT2D eigenvalue weighted by atomic mass is 15.1. The molecule has 0 saturated heterocycles. The Kier molecular flexibility index (Phi) is 6.25. The van der Waals surface area contributed by atoms with Crippen molar-refractivity contribution in [2.75, 3.05) is 13.1 Å². The van der Waals surface area contributed by atoms with Crippen molar-refractivity contribution in [2.45, 2.75) is 44.8 Å². The van der Waals surface area contributed by atoms with Crippen LogP contribution in [-0.4, -0.2) is 24.0 Å². The Morgan fingerprint density at radius 1 is 0.783 bits per heavy atom. The second-order valence-electron chi connectivity index (χ2n) is 6.62. The molecule has 1 fully saturated rings. The smallest absolute Gasteiger partial charge is 0.0237 e. The molecule has 0 spiro atoms. The van der Waals surface area contributed by atoms with Gasteiger partial charge in [-0.2, -0.15) is 0 Å². The topological polar surface area (TPSA) is 15.3 Å². The zero-order chi connectivity index (χ0) is 15.7. The summed E-state index contributed by atoms with van der Waals surface area (Å²) in [7, 11) is 0. The van der Waals surface area contributed by atoms with Crippen LogP contribution in [0.4, 0.5) is 0 Å². The van der Waals surface area contributed by atoms with Crippen LogP contribution in [0.5, 0.6) is 0 Å². The highest BCUT2D eigenvalue weighted by Crippen LogP contribution is 2.18. The summed E-state index contributed by atoms with van der Waals surface area (Å²) in [6, 6.07) is 22.5. The first-order valence-corrected chi connectivity index (χ1v) is 8.94. The van der Waals surface area contributed by atoms with Crippen molar-refractivity contribution in [3.8, 4) is 0 Å². The Morgan fingerprint density at radius 2 is 1.35 bits per heavy atom. The van der Waals surface area contributed by atoms with Crippen LogP contribution < -0.4 is 5.32 Å². The summed E-state index contributed by atoms with van der Waals surface area (Å²) >= 11 is 0. The van der Waals surface area contributed by atoms with Crippen molar-refractivity contribution >= 4 is 0 Å². The fourth-order valence-corrected chi connectivity index (χ4v) is 2.95. The van der Waals surface area contributed by atoms with E-state index in [-0.39, 0.29) is 0 Å². The van der Waals surface area contributed by atoms with Crippen LogP contribution in [0.3, 0.4) is 0 Å². The van der Waals surface area contributed by atoms with Gasteiger partial charge in [-0.15, -0.1) is 0 Å². The van der Waals surface area contributed by atoms with Crippen molar-refractivity contribution in [2.24, 2.45) is 0 Å². The summed E-state index contributed by atoms with van der Waals surface area (Å²) in [6.07, 6.45) is 5.30.